The number of amides is 3. The Morgan fingerprint density at radius 2 is 1.56 bits per heavy atom. The molecule has 11 nitrogen and oxygen atoms in total. The van der Waals surface area contributed by atoms with Crippen molar-refractivity contribution in [2.24, 2.45) is 10.8 Å². The fourth-order valence-corrected chi connectivity index (χ4v) is 3.62. The molecule has 0 spiro atoms. The summed E-state index contributed by atoms with van der Waals surface area (Å²) in [6, 6.07) is -1.00. The number of ether oxygens (including phenoxy) is 1. The number of nitrogens with one attached hydrogen (secondary N) is 3. The fourth-order valence-electron chi connectivity index (χ4n) is 3.62. The molecule has 36 heavy (non-hydrogen) atoms. The van der Waals surface area contributed by atoms with Gasteiger partial charge in [-0.3, -0.25) is 19.2 Å². The van der Waals surface area contributed by atoms with Gasteiger partial charge in [0.15, 0.2) is 6.29 Å². The number of aliphatic carboxylic acids is 1. The summed E-state index contributed by atoms with van der Waals surface area (Å²) in [5.41, 5.74) is -0.703. The predicted octanol–water partition coefficient (Wildman–Crippen LogP) is 1.31. The highest BCUT2D eigenvalue weighted by Crippen LogP contribution is 2.31. The van der Waals surface area contributed by atoms with Crippen molar-refractivity contribution in [3.8, 4) is 0 Å². The Hall–Kier alpha value is -2.24. The van der Waals surface area contributed by atoms with E-state index in [0.717, 1.165) is 6.42 Å². The molecule has 0 aromatic rings. The van der Waals surface area contributed by atoms with Gasteiger partial charge in [-0.1, -0.05) is 34.6 Å². The molecule has 0 aromatic carbocycles. The third-order valence-corrected chi connectivity index (χ3v) is 6.22. The van der Waals surface area contributed by atoms with Gasteiger partial charge < -0.3 is 36.0 Å². The van der Waals surface area contributed by atoms with Gasteiger partial charge in [0.05, 0.1) is 12.0 Å². The van der Waals surface area contributed by atoms with Crippen molar-refractivity contribution in [2.45, 2.75) is 98.3 Å². The highest BCUT2D eigenvalue weighted by Gasteiger charge is 2.36. The average molecular weight is 518 g/mol. The molecular weight excluding hydrogens is 470 g/mol. The van der Waals surface area contributed by atoms with Crippen LogP contribution in [0.2, 0.25) is 0 Å². The summed E-state index contributed by atoms with van der Waals surface area (Å²) >= 11 is 0. The van der Waals surface area contributed by atoms with Gasteiger partial charge in [-0.2, -0.15) is 0 Å². The number of hydrogen-bond donors (Lipinski definition) is 6. The zero-order chi connectivity index (χ0) is 27.8. The van der Waals surface area contributed by atoms with Crippen molar-refractivity contribution in [3.63, 3.8) is 0 Å². The third-order valence-electron chi connectivity index (χ3n) is 6.22. The van der Waals surface area contributed by atoms with E-state index >= 15 is 0 Å². The smallest absolute Gasteiger partial charge is 0.322 e. The molecule has 11 heteroatoms. The highest BCUT2D eigenvalue weighted by atomic mass is 16.5. The highest BCUT2D eigenvalue weighted by molar-refractivity contribution is 5.91. The summed E-state index contributed by atoms with van der Waals surface area (Å²) < 4.78 is 5.65. The molecule has 0 aliphatic rings. The van der Waals surface area contributed by atoms with Crippen molar-refractivity contribution in [3.05, 3.63) is 0 Å². The molecule has 0 radical (unpaired) electrons. The summed E-state index contributed by atoms with van der Waals surface area (Å²) in [5.74, 6) is -2.21. The number of aliphatic hydroxyl groups is 2. The first-order valence-electron chi connectivity index (χ1n) is 12.8. The van der Waals surface area contributed by atoms with Crippen LogP contribution in [0.3, 0.4) is 0 Å². The minimum Gasteiger partial charge on any atom is -0.480 e. The van der Waals surface area contributed by atoms with Crippen LogP contribution >= 0.6 is 0 Å². The molecule has 210 valence electrons. The zero-order valence-electron chi connectivity index (χ0n) is 22.5. The lowest BCUT2D eigenvalue weighted by Gasteiger charge is -2.32. The van der Waals surface area contributed by atoms with Crippen LogP contribution in [0.4, 0.5) is 0 Å². The topological polar surface area (TPSA) is 174 Å². The van der Waals surface area contributed by atoms with Gasteiger partial charge in [-0.15, -0.1) is 0 Å². The zero-order valence-corrected chi connectivity index (χ0v) is 22.5. The number of hydrogen-bond acceptors (Lipinski definition) is 7. The minimum atomic E-state index is -1.53. The van der Waals surface area contributed by atoms with E-state index in [0.29, 0.717) is 45.4 Å². The van der Waals surface area contributed by atoms with E-state index in [9.17, 15) is 19.2 Å². The average Bonchev–Trinajstić information content (AvgIpc) is 2.79. The van der Waals surface area contributed by atoms with Gasteiger partial charge in [-0.25, -0.2) is 0 Å². The first kappa shape index (κ1) is 33.8. The second-order valence-electron chi connectivity index (χ2n) is 10.3. The van der Waals surface area contributed by atoms with Crippen molar-refractivity contribution in [1.82, 2.24) is 16.0 Å². The summed E-state index contributed by atoms with van der Waals surface area (Å²) in [6.07, 6.45) is 1.52. The van der Waals surface area contributed by atoms with E-state index in [1.165, 1.54) is 0 Å². The maximum Gasteiger partial charge on any atom is 0.322 e. The molecule has 6 N–H and O–H groups in total. The molecule has 0 aliphatic carbocycles. The van der Waals surface area contributed by atoms with Gasteiger partial charge in [-0.05, 0) is 50.4 Å². The lowest BCUT2D eigenvalue weighted by molar-refractivity contribution is -0.139. The van der Waals surface area contributed by atoms with E-state index in [1.807, 2.05) is 13.8 Å². The van der Waals surface area contributed by atoms with E-state index in [4.69, 9.17) is 20.1 Å². The quantitative estimate of drug-likeness (QED) is 0.110. The lowest BCUT2D eigenvalue weighted by atomic mass is 9.78. The largest absolute Gasteiger partial charge is 0.480 e. The van der Waals surface area contributed by atoms with Crippen LogP contribution in [-0.2, 0) is 23.9 Å². The van der Waals surface area contributed by atoms with Crippen LogP contribution in [0.15, 0.2) is 0 Å². The Balaban J connectivity index is 4.84. The van der Waals surface area contributed by atoms with Crippen molar-refractivity contribution < 1.29 is 39.2 Å². The van der Waals surface area contributed by atoms with Crippen molar-refractivity contribution in [1.29, 1.82) is 0 Å². The second kappa shape index (κ2) is 17.3. The molecule has 0 unspecified atom stereocenters. The third kappa shape index (κ3) is 15.0. The van der Waals surface area contributed by atoms with Crippen LogP contribution in [0, 0.1) is 10.8 Å². The normalized spacial score (nSPS) is 12.8. The maximum atomic E-state index is 13.2. The summed E-state index contributed by atoms with van der Waals surface area (Å²) in [7, 11) is 0. The molecule has 0 saturated carbocycles. The first-order valence-corrected chi connectivity index (χ1v) is 12.8. The van der Waals surface area contributed by atoms with Crippen LogP contribution in [0.1, 0.15) is 86.0 Å². The molecule has 0 rings (SSSR count). The number of carboxylic acid groups (broad SMARTS) is 1. The maximum absolute atomic E-state index is 13.2. The Morgan fingerprint density at radius 3 is 2.08 bits per heavy atom. The minimum absolute atomic E-state index is 0.0197. The number of carbonyl (C=O) groups excluding carboxylic acids is 3. The molecule has 0 aliphatic heterocycles. The predicted molar refractivity (Wildman–Crippen MR) is 135 cm³/mol. The summed E-state index contributed by atoms with van der Waals surface area (Å²) in [4.78, 5) is 48.4. The Bertz CT molecular complexity index is 687. The molecule has 0 aromatic heterocycles. The first-order chi connectivity index (χ1) is 16.8. The molecule has 1 atom stereocenters. The molecule has 0 heterocycles. The van der Waals surface area contributed by atoms with Gasteiger partial charge in [0.2, 0.25) is 17.7 Å². The number of carbonyl (C=O) groups is 4. The van der Waals surface area contributed by atoms with Crippen LogP contribution < -0.4 is 16.0 Å². The number of carboxylic acids is 1. The Kier molecular flexibility index (Phi) is 16.2. The molecule has 0 fully saturated rings. The van der Waals surface area contributed by atoms with Gasteiger partial charge in [0.1, 0.15) is 12.6 Å². The van der Waals surface area contributed by atoms with Crippen LogP contribution in [0.5, 0.6) is 0 Å². The summed E-state index contributed by atoms with van der Waals surface area (Å²) in [5, 5.41) is 34.8. The second-order valence-corrected chi connectivity index (χ2v) is 10.3. The van der Waals surface area contributed by atoms with E-state index in [1.54, 1.807) is 0 Å². The van der Waals surface area contributed by atoms with E-state index < -0.39 is 36.2 Å². The fraction of sp³-hybridized carbons (Fsp3) is 0.840. The van der Waals surface area contributed by atoms with Gasteiger partial charge in [0, 0.05) is 19.6 Å². The molecule has 0 bridgehead atoms. The van der Waals surface area contributed by atoms with Crippen molar-refractivity contribution >= 4 is 23.7 Å². The van der Waals surface area contributed by atoms with Crippen LogP contribution in [-0.4, -0.2) is 77.6 Å². The molecular formula is C25H47N3O8. The monoisotopic (exact) mass is 517 g/mol. The SMILES string of the molecule is CCC(CC)(CCOCCNC(=O)CCC(C)(C)C)C(=O)N[C@@H](CCCC(O)O)C(=O)NCC(=O)O. The standard InChI is InChI=1S/C25H47N3O8/c1-6-25(7-2,13-15-36-16-14-26-19(29)11-12-24(3,4)5)23(35)28-18(9-8-10-20(30)31)22(34)27-17-21(32)33/h18,20,30-31H,6-17H2,1-5H3,(H,26,29)(H,27,34)(H,28,35)(H,32,33)/t18-/m0/s1. The molecule has 3 amide bonds. The van der Waals surface area contributed by atoms with Gasteiger partial charge in [0.25, 0.3) is 0 Å². The Labute approximate surface area is 214 Å². The van der Waals surface area contributed by atoms with Crippen LogP contribution in [0.25, 0.3) is 0 Å². The Morgan fingerprint density at radius 1 is 0.917 bits per heavy atom. The summed E-state index contributed by atoms with van der Waals surface area (Å²) in [6.45, 7) is 10.4. The number of rotatable bonds is 19. The van der Waals surface area contributed by atoms with Gasteiger partial charge >= 0.3 is 5.97 Å². The van der Waals surface area contributed by atoms with Crippen molar-refractivity contribution in [2.75, 3.05) is 26.3 Å². The number of aliphatic hydroxyl groups excluding tert-OH is 1. The lowest BCUT2D eigenvalue weighted by Crippen LogP contribution is -2.52. The van der Waals surface area contributed by atoms with E-state index in [-0.39, 0.29) is 36.5 Å². The van der Waals surface area contributed by atoms with E-state index in [2.05, 4.69) is 36.7 Å². The molecule has 0 saturated heterocycles.